The van der Waals surface area contributed by atoms with Gasteiger partial charge >= 0.3 is 0 Å². The van der Waals surface area contributed by atoms with Crippen LogP contribution in [0.2, 0.25) is 0 Å². The van der Waals surface area contributed by atoms with Gasteiger partial charge in [0.25, 0.3) is 5.91 Å². The normalized spacial score (nSPS) is 13.0. The van der Waals surface area contributed by atoms with Crippen LogP contribution in [0.25, 0.3) is 11.3 Å². The van der Waals surface area contributed by atoms with Crippen molar-refractivity contribution in [1.29, 1.82) is 0 Å². The number of rotatable bonds is 5. The summed E-state index contributed by atoms with van der Waals surface area (Å²) in [5, 5.41) is 10.7. The Kier molecular flexibility index (Phi) is 6.72. The maximum atomic E-state index is 13.2. The van der Waals surface area contributed by atoms with Crippen molar-refractivity contribution in [1.82, 2.24) is 14.5 Å². The third-order valence-electron chi connectivity index (χ3n) is 5.12. The Morgan fingerprint density at radius 1 is 1.13 bits per heavy atom. The van der Waals surface area contributed by atoms with Crippen molar-refractivity contribution in [2.75, 3.05) is 13.7 Å². The molecular weight excluding hydrogens is 425 g/mol. The molecule has 0 aliphatic carbocycles. The lowest BCUT2D eigenvalue weighted by molar-refractivity contribution is 0.0676. The van der Waals surface area contributed by atoms with Crippen LogP contribution in [0.15, 0.2) is 53.5 Å². The number of fused-ring (bicyclic) bond motifs is 1. The molecule has 1 amide bonds. The molecule has 0 unspecified atom stereocenters. The minimum absolute atomic E-state index is 0. The van der Waals surface area contributed by atoms with Crippen LogP contribution in [0.1, 0.15) is 21.7 Å². The number of hydrogen-bond donors (Lipinski definition) is 1. The van der Waals surface area contributed by atoms with E-state index in [-0.39, 0.29) is 42.6 Å². The number of aromatic hydroxyl groups is 1. The second kappa shape index (κ2) is 9.28. The zero-order valence-electron chi connectivity index (χ0n) is 16.7. The number of hydrogen-bond acceptors (Lipinski definition) is 5. The van der Waals surface area contributed by atoms with E-state index in [1.165, 1.54) is 24.1 Å². The van der Waals surface area contributed by atoms with Gasteiger partial charge in [0.2, 0.25) is 5.43 Å². The molecule has 0 spiro atoms. The Morgan fingerprint density at radius 3 is 2.52 bits per heavy atom. The largest absolute Gasteiger partial charge is 0.503 e. The van der Waals surface area contributed by atoms with Crippen LogP contribution in [0.3, 0.4) is 0 Å². The van der Waals surface area contributed by atoms with Crippen LogP contribution >= 0.6 is 12.4 Å². The lowest BCUT2D eigenvalue weighted by atomic mass is 10.0. The molecule has 0 bridgehead atoms. The van der Waals surface area contributed by atoms with Gasteiger partial charge in [0.15, 0.2) is 11.4 Å². The molecule has 3 aromatic rings. The standard InChI is InChI=1S/C22H20FN3O4.ClH/c1-30-13-17-18(16-4-2-3-9-24-16)20(27)21(28)19-22(29)25(10-11-26(17)19)12-14-5-7-15(23)8-6-14;/h2-9,28H,10-13H2,1H3;1H. The van der Waals surface area contributed by atoms with Crippen molar-refractivity contribution in [3.05, 3.63) is 81.7 Å². The van der Waals surface area contributed by atoms with Gasteiger partial charge < -0.3 is 19.3 Å². The molecule has 1 aromatic carbocycles. The van der Waals surface area contributed by atoms with Gasteiger partial charge in [-0.3, -0.25) is 14.6 Å². The van der Waals surface area contributed by atoms with Gasteiger partial charge in [-0.15, -0.1) is 12.4 Å². The predicted molar refractivity (Wildman–Crippen MR) is 115 cm³/mol. The van der Waals surface area contributed by atoms with Crippen molar-refractivity contribution in [2.24, 2.45) is 0 Å². The average Bonchev–Trinajstić information content (AvgIpc) is 2.75. The smallest absolute Gasteiger partial charge is 0.274 e. The lowest BCUT2D eigenvalue weighted by Gasteiger charge is -2.32. The van der Waals surface area contributed by atoms with Crippen LogP contribution in [-0.4, -0.2) is 39.1 Å². The Morgan fingerprint density at radius 2 is 1.87 bits per heavy atom. The fourth-order valence-corrected chi connectivity index (χ4v) is 3.71. The zero-order valence-corrected chi connectivity index (χ0v) is 17.6. The molecule has 2 aromatic heterocycles. The Labute approximate surface area is 184 Å². The van der Waals surface area contributed by atoms with Gasteiger partial charge in [0.1, 0.15) is 5.82 Å². The van der Waals surface area contributed by atoms with E-state index in [1.54, 1.807) is 41.1 Å². The van der Waals surface area contributed by atoms with E-state index in [0.29, 0.717) is 24.5 Å². The summed E-state index contributed by atoms with van der Waals surface area (Å²) in [6, 6.07) is 11.0. The molecule has 3 heterocycles. The van der Waals surface area contributed by atoms with Crippen molar-refractivity contribution in [3.8, 4) is 17.0 Å². The van der Waals surface area contributed by atoms with Gasteiger partial charge in [-0.2, -0.15) is 0 Å². The Hall–Kier alpha value is -3.23. The van der Waals surface area contributed by atoms with E-state index in [1.807, 2.05) is 0 Å². The van der Waals surface area contributed by atoms with E-state index in [4.69, 9.17) is 4.74 Å². The number of aromatic nitrogens is 2. The number of benzene rings is 1. The second-order valence-electron chi connectivity index (χ2n) is 7.00. The van der Waals surface area contributed by atoms with Crippen LogP contribution in [0.4, 0.5) is 4.39 Å². The molecule has 0 fully saturated rings. The summed E-state index contributed by atoms with van der Waals surface area (Å²) in [5.74, 6) is -1.43. The maximum Gasteiger partial charge on any atom is 0.274 e. The summed E-state index contributed by atoms with van der Waals surface area (Å²) in [6.45, 7) is 1.06. The molecular formula is C22H21ClFN3O4. The summed E-state index contributed by atoms with van der Waals surface area (Å²) >= 11 is 0. The van der Waals surface area contributed by atoms with Crippen LogP contribution < -0.4 is 5.43 Å². The van der Waals surface area contributed by atoms with Gasteiger partial charge in [-0.05, 0) is 29.8 Å². The van der Waals surface area contributed by atoms with E-state index in [9.17, 15) is 19.1 Å². The average molecular weight is 446 g/mol. The van der Waals surface area contributed by atoms with Gasteiger partial charge in [-0.25, -0.2) is 4.39 Å². The second-order valence-corrected chi connectivity index (χ2v) is 7.00. The molecule has 9 heteroatoms. The summed E-state index contributed by atoms with van der Waals surface area (Å²) in [6.07, 6.45) is 1.56. The van der Waals surface area contributed by atoms with Crippen molar-refractivity contribution in [3.63, 3.8) is 0 Å². The first kappa shape index (κ1) is 22.5. The number of carbonyl (C=O) groups is 1. The summed E-state index contributed by atoms with van der Waals surface area (Å²) in [7, 11) is 1.50. The predicted octanol–water partition coefficient (Wildman–Crippen LogP) is 2.98. The minimum atomic E-state index is -0.663. The first-order valence-electron chi connectivity index (χ1n) is 9.44. The van der Waals surface area contributed by atoms with Crippen molar-refractivity contribution in [2.45, 2.75) is 19.7 Å². The zero-order chi connectivity index (χ0) is 21.3. The fourth-order valence-electron chi connectivity index (χ4n) is 3.71. The van der Waals surface area contributed by atoms with Gasteiger partial charge in [-0.1, -0.05) is 18.2 Å². The summed E-state index contributed by atoms with van der Waals surface area (Å²) in [5.41, 5.74) is 1.13. The Balaban J connectivity index is 0.00000272. The van der Waals surface area contributed by atoms with E-state index >= 15 is 0 Å². The number of amides is 1. The number of ether oxygens (including phenoxy) is 1. The summed E-state index contributed by atoms with van der Waals surface area (Å²) in [4.78, 5) is 31.9. The molecule has 4 rings (SSSR count). The van der Waals surface area contributed by atoms with Crippen LogP contribution in [0.5, 0.6) is 5.75 Å². The fraction of sp³-hybridized carbons (Fsp3) is 0.227. The van der Waals surface area contributed by atoms with E-state index in [0.717, 1.165) is 5.56 Å². The minimum Gasteiger partial charge on any atom is -0.503 e. The summed E-state index contributed by atoms with van der Waals surface area (Å²) < 4.78 is 20.1. The molecule has 0 radical (unpaired) electrons. The topological polar surface area (TPSA) is 84.7 Å². The number of carbonyl (C=O) groups excluding carboxylic acids is 1. The molecule has 31 heavy (non-hydrogen) atoms. The van der Waals surface area contributed by atoms with Gasteiger partial charge in [0.05, 0.1) is 23.6 Å². The van der Waals surface area contributed by atoms with E-state index < -0.39 is 17.1 Å². The highest BCUT2D eigenvalue weighted by Crippen LogP contribution is 2.29. The first-order valence-corrected chi connectivity index (χ1v) is 9.44. The molecule has 1 aliphatic heterocycles. The molecule has 0 saturated heterocycles. The molecule has 162 valence electrons. The van der Waals surface area contributed by atoms with Crippen LogP contribution in [-0.2, 0) is 24.4 Å². The number of methoxy groups -OCH3 is 1. The van der Waals surface area contributed by atoms with Crippen molar-refractivity contribution >= 4 is 18.3 Å². The van der Waals surface area contributed by atoms with Crippen LogP contribution in [0, 0.1) is 5.82 Å². The third-order valence-corrected chi connectivity index (χ3v) is 5.12. The molecule has 1 N–H and O–H groups in total. The highest BCUT2D eigenvalue weighted by Gasteiger charge is 2.33. The maximum absolute atomic E-state index is 13.2. The molecule has 7 nitrogen and oxygen atoms in total. The van der Waals surface area contributed by atoms with E-state index in [2.05, 4.69) is 4.98 Å². The highest BCUT2D eigenvalue weighted by molar-refractivity contribution is 5.96. The van der Waals surface area contributed by atoms with Gasteiger partial charge in [0, 0.05) is 32.9 Å². The highest BCUT2D eigenvalue weighted by atomic mass is 35.5. The quantitative estimate of drug-likeness (QED) is 0.652. The first-order chi connectivity index (χ1) is 14.5. The molecule has 0 saturated carbocycles. The molecule has 0 atom stereocenters. The van der Waals surface area contributed by atoms with Crippen molar-refractivity contribution < 1.29 is 19.0 Å². The number of halogens is 2. The number of nitrogens with zero attached hydrogens (tertiary/aromatic N) is 3. The SMILES string of the molecule is COCc1c(-c2ccccn2)c(=O)c(O)c2n1CCN(Cc1ccc(F)cc1)C2=O.Cl. The third kappa shape index (κ3) is 4.17. The molecule has 1 aliphatic rings. The number of pyridine rings is 2. The monoisotopic (exact) mass is 445 g/mol. The Bertz CT molecular complexity index is 1150. The lowest BCUT2D eigenvalue weighted by Crippen LogP contribution is -2.42.